The van der Waals surface area contributed by atoms with Crippen molar-refractivity contribution in [3.63, 3.8) is 0 Å². The van der Waals surface area contributed by atoms with Crippen LogP contribution in [0.1, 0.15) is 52.4 Å². The van der Waals surface area contributed by atoms with Crippen molar-refractivity contribution in [1.82, 2.24) is 10.2 Å². The molecule has 0 spiro atoms. The molecule has 0 aromatic heterocycles. The fraction of sp³-hybridized carbons (Fsp3) is 1.00. The molecule has 2 N–H and O–H groups in total. The highest BCUT2D eigenvalue weighted by molar-refractivity contribution is 4.91. The maximum Gasteiger partial charge on any atom is 0.0443 e. The van der Waals surface area contributed by atoms with Gasteiger partial charge in [0.15, 0.2) is 0 Å². The third kappa shape index (κ3) is 3.96. The zero-order chi connectivity index (χ0) is 14.5. The van der Waals surface area contributed by atoms with E-state index in [1.54, 1.807) is 0 Å². The fourth-order valence-corrected chi connectivity index (χ4v) is 4.27. The highest BCUT2D eigenvalue weighted by Gasteiger charge is 2.36. The minimum absolute atomic E-state index is 0.329. The lowest BCUT2D eigenvalue weighted by molar-refractivity contribution is 0.0525. The van der Waals surface area contributed by atoms with Crippen LogP contribution in [-0.2, 0) is 0 Å². The molecule has 0 amide bonds. The molecule has 0 saturated heterocycles. The summed E-state index contributed by atoms with van der Waals surface area (Å²) in [5.41, 5.74) is 0. The van der Waals surface area contributed by atoms with Crippen molar-refractivity contribution in [3.05, 3.63) is 0 Å². The van der Waals surface area contributed by atoms with E-state index in [1.165, 1.54) is 38.6 Å². The topological polar surface area (TPSA) is 35.5 Å². The van der Waals surface area contributed by atoms with E-state index in [9.17, 15) is 0 Å². The lowest BCUT2D eigenvalue weighted by atomic mass is 9.72. The Bertz CT molecular complexity index is 280. The molecule has 0 aromatic rings. The quantitative estimate of drug-likeness (QED) is 0.753. The lowest BCUT2D eigenvalue weighted by Gasteiger charge is -2.45. The van der Waals surface area contributed by atoms with Crippen LogP contribution in [0.4, 0.5) is 0 Å². The van der Waals surface area contributed by atoms with E-state index < -0.39 is 0 Å². The molecule has 0 aromatic carbocycles. The highest BCUT2D eigenvalue weighted by Crippen LogP contribution is 2.36. The van der Waals surface area contributed by atoms with Crippen molar-refractivity contribution >= 4 is 0 Å². The van der Waals surface area contributed by atoms with Gasteiger partial charge in [-0.05, 0) is 56.9 Å². The molecule has 4 unspecified atom stereocenters. The van der Waals surface area contributed by atoms with Crippen LogP contribution < -0.4 is 5.32 Å². The molecule has 3 heteroatoms. The second kappa shape index (κ2) is 7.77. The van der Waals surface area contributed by atoms with Gasteiger partial charge < -0.3 is 10.4 Å². The molecule has 4 atom stereocenters. The van der Waals surface area contributed by atoms with Gasteiger partial charge in [0.1, 0.15) is 0 Å². The first-order valence-corrected chi connectivity index (χ1v) is 8.67. The summed E-state index contributed by atoms with van der Waals surface area (Å²) in [7, 11) is 2.13. The van der Waals surface area contributed by atoms with Gasteiger partial charge in [-0.3, -0.25) is 4.90 Å². The summed E-state index contributed by atoms with van der Waals surface area (Å²) in [6, 6.07) is 1.47. The highest BCUT2D eigenvalue weighted by atomic mass is 16.3. The maximum absolute atomic E-state index is 9.14. The third-order valence-electron chi connectivity index (χ3n) is 5.69. The molecule has 3 nitrogen and oxygen atoms in total. The van der Waals surface area contributed by atoms with Gasteiger partial charge in [-0.2, -0.15) is 0 Å². The van der Waals surface area contributed by atoms with Gasteiger partial charge in [0.2, 0.25) is 0 Å². The van der Waals surface area contributed by atoms with Gasteiger partial charge in [-0.25, -0.2) is 0 Å². The minimum Gasteiger partial charge on any atom is -0.396 e. The van der Waals surface area contributed by atoms with E-state index in [-0.39, 0.29) is 0 Å². The number of nitrogens with zero attached hydrogens (tertiary/aromatic N) is 1. The average Bonchev–Trinajstić information content (AvgIpc) is 2.36. The molecule has 2 aliphatic rings. The Hall–Kier alpha value is -0.120. The molecule has 0 aliphatic heterocycles. The fourth-order valence-electron chi connectivity index (χ4n) is 4.27. The molecule has 20 heavy (non-hydrogen) atoms. The predicted octanol–water partition coefficient (Wildman–Crippen LogP) is 2.49. The Kier molecular flexibility index (Phi) is 6.31. The minimum atomic E-state index is 0.329. The van der Waals surface area contributed by atoms with Gasteiger partial charge in [0, 0.05) is 31.8 Å². The normalized spacial score (nSPS) is 35.2. The van der Waals surface area contributed by atoms with Gasteiger partial charge in [0.05, 0.1) is 0 Å². The van der Waals surface area contributed by atoms with Gasteiger partial charge >= 0.3 is 0 Å². The van der Waals surface area contributed by atoms with Crippen molar-refractivity contribution < 1.29 is 5.11 Å². The molecule has 2 saturated carbocycles. The number of hydrogen-bond acceptors (Lipinski definition) is 3. The summed E-state index contributed by atoms with van der Waals surface area (Å²) in [6.45, 7) is 7.47. The van der Waals surface area contributed by atoms with E-state index in [1.807, 2.05) is 0 Å². The molecule has 118 valence electrons. The molecule has 0 bridgehead atoms. The standard InChI is InChI=1S/C17H34N2O/c1-13-10-14(2)16(17(11-13)18-3)12-19(8-5-9-20)15-6-4-7-15/h13-18,20H,4-12H2,1-3H3. The van der Waals surface area contributed by atoms with Crippen LogP contribution >= 0.6 is 0 Å². The van der Waals surface area contributed by atoms with Gasteiger partial charge in [-0.15, -0.1) is 0 Å². The van der Waals surface area contributed by atoms with Crippen LogP contribution in [0.2, 0.25) is 0 Å². The molecule has 0 radical (unpaired) electrons. The zero-order valence-corrected chi connectivity index (χ0v) is 13.6. The SMILES string of the molecule is CNC1CC(C)CC(C)C1CN(CCCO)C1CCC1. The van der Waals surface area contributed by atoms with E-state index in [0.717, 1.165) is 36.8 Å². The van der Waals surface area contributed by atoms with Crippen molar-refractivity contribution in [2.75, 3.05) is 26.7 Å². The maximum atomic E-state index is 9.14. The van der Waals surface area contributed by atoms with Crippen LogP contribution in [0, 0.1) is 17.8 Å². The summed E-state index contributed by atoms with van der Waals surface area (Å²) in [6.07, 6.45) is 7.76. The monoisotopic (exact) mass is 282 g/mol. The number of rotatable bonds is 7. The number of hydrogen-bond donors (Lipinski definition) is 2. The van der Waals surface area contributed by atoms with E-state index in [0.29, 0.717) is 12.6 Å². The first-order chi connectivity index (χ1) is 9.65. The molecular formula is C17H34N2O. The first kappa shape index (κ1) is 16.3. The second-order valence-corrected chi connectivity index (χ2v) is 7.27. The Morgan fingerprint density at radius 2 is 1.95 bits per heavy atom. The molecule has 2 aliphatic carbocycles. The Morgan fingerprint density at radius 1 is 1.20 bits per heavy atom. The van der Waals surface area contributed by atoms with Crippen molar-refractivity contribution in [3.8, 4) is 0 Å². The molecule has 2 fully saturated rings. The zero-order valence-electron chi connectivity index (χ0n) is 13.6. The van der Waals surface area contributed by atoms with Crippen LogP contribution in [0.5, 0.6) is 0 Å². The molecular weight excluding hydrogens is 248 g/mol. The van der Waals surface area contributed by atoms with Gasteiger partial charge in [-0.1, -0.05) is 20.3 Å². The molecule has 0 heterocycles. The van der Waals surface area contributed by atoms with Crippen LogP contribution in [0.15, 0.2) is 0 Å². The summed E-state index contributed by atoms with van der Waals surface area (Å²) in [4.78, 5) is 2.68. The first-order valence-electron chi connectivity index (χ1n) is 8.67. The van der Waals surface area contributed by atoms with E-state index in [2.05, 4.69) is 31.1 Å². The smallest absolute Gasteiger partial charge is 0.0443 e. The van der Waals surface area contributed by atoms with Crippen LogP contribution in [0.3, 0.4) is 0 Å². The van der Waals surface area contributed by atoms with Crippen molar-refractivity contribution in [2.24, 2.45) is 17.8 Å². The van der Waals surface area contributed by atoms with Gasteiger partial charge in [0.25, 0.3) is 0 Å². The number of aliphatic hydroxyl groups excluding tert-OH is 1. The van der Waals surface area contributed by atoms with E-state index >= 15 is 0 Å². The van der Waals surface area contributed by atoms with Crippen LogP contribution in [-0.4, -0.2) is 48.8 Å². The largest absolute Gasteiger partial charge is 0.396 e. The summed E-state index contributed by atoms with van der Waals surface area (Å²) >= 11 is 0. The predicted molar refractivity (Wildman–Crippen MR) is 84.8 cm³/mol. The van der Waals surface area contributed by atoms with Crippen molar-refractivity contribution in [2.45, 2.75) is 64.5 Å². The summed E-state index contributed by atoms with van der Waals surface area (Å²) < 4.78 is 0. The Balaban J connectivity index is 1.95. The second-order valence-electron chi connectivity index (χ2n) is 7.27. The van der Waals surface area contributed by atoms with Crippen LogP contribution in [0.25, 0.3) is 0 Å². The Morgan fingerprint density at radius 3 is 2.50 bits per heavy atom. The lowest BCUT2D eigenvalue weighted by Crippen LogP contribution is -2.51. The number of nitrogens with one attached hydrogen (secondary N) is 1. The Labute approximate surface area is 125 Å². The van der Waals surface area contributed by atoms with E-state index in [4.69, 9.17) is 5.11 Å². The molecule has 2 rings (SSSR count). The van der Waals surface area contributed by atoms with Crippen molar-refractivity contribution in [1.29, 1.82) is 0 Å². The summed E-state index contributed by atoms with van der Waals surface area (Å²) in [5, 5.41) is 12.7. The third-order valence-corrected chi connectivity index (χ3v) is 5.69. The average molecular weight is 282 g/mol. The number of aliphatic hydroxyl groups is 1. The summed E-state index contributed by atoms with van der Waals surface area (Å²) in [5.74, 6) is 2.44.